The molecule has 0 aliphatic carbocycles. The number of fused-ring (bicyclic) bond motifs is 2. The second kappa shape index (κ2) is 5.70. The molecule has 0 radical (unpaired) electrons. The molecule has 2 aliphatic rings. The van der Waals surface area contributed by atoms with Crippen molar-refractivity contribution >= 4 is 23.3 Å². The lowest BCUT2D eigenvalue weighted by Crippen LogP contribution is -2.25. The van der Waals surface area contributed by atoms with E-state index >= 15 is 0 Å². The van der Waals surface area contributed by atoms with Gasteiger partial charge in [-0.2, -0.15) is 5.10 Å². The van der Waals surface area contributed by atoms with Crippen LogP contribution in [0.2, 0.25) is 5.02 Å². The minimum atomic E-state index is -0.138. The standard InChI is InChI=1S/C17H18ClN3O3/c1-3-4-21-17-16(9(2)20-21)11(6-15(22)19-17)10-5-13-14(7-12(10)18)24-8-23-13/h5,7,11H,3-4,6,8H2,1-2H3,(H,19,22). The number of nitrogens with zero attached hydrogens (tertiary/aromatic N) is 2. The highest BCUT2D eigenvalue weighted by atomic mass is 35.5. The van der Waals surface area contributed by atoms with Gasteiger partial charge in [0.05, 0.1) is 5.69 Å². The van der Waals surface area contributed by atoms with Gasteiger partial charge < -0.3 is 14.8 Å². The quantitative estimate of drug-likeness (QED) is 0.923. The Bertz CT molecular complexity index is 831. The number of halogens is 1. The molecular weight excluding hydrogens is 330 g/mol. The smallest absolute Gasteiger partial charge is 0.231 e. The van der Waals surface area contributed by atoms with E-state index in [0.717, 1.165) is 35.6 Å². The molecule has 1 aromatic heterocycles. The molecule has 4 rings (SSSR count). The van der Waals surface area contributed by atoms with Crippen molar-refractivity contribution < 1.29 is 14.3 Å². The number of hydrogen-bond acceptors (Lipinski definition) is 4. The van der Waals surface area contributed by atoms with E-state index < -0.39 is 0 Å². The molecule has 0 spiro atoms. The number of carbonyl (C=O) groups is 1. The first-order valence-corrected chi connectivity index (χ1v) is 8.42. The fourth-order valence-electron chi connectivity index (χ4n) is 3.45. The van der Waals surface area contributed by atoms with Crippen LogP contribution in [0.25, 0.3) is 0 Å². The van der Waals surface area contributed by atoms with Gasteiger partial charge in [0.25, 0.3) is 0 Å². The van der Waals surface area contributed by atoms with Crippen molar-refractivity contribution in [3.63, 3.8) is 0 Å². The highest BCUT2D eigenvalue weighted by Crippen LogP contribution is 2.45. The molecule has 1 amide bonds. The van der Waals surface area contributed by atoms with Crippen molar-refractivity contribution in [3.05, 3.63) is 34.0 Å². The summed E-state index contributed by atoms with van der Waals surface area (Å²) in [7, 11) is 0. The lowest BCUT2D eigenvalue weighted by Gasteiger charge is -2.25. The molecule has 24 heavy (non-hydrogen) atoms. The van der Waals surface area contributed by atoms with E-state index in [9.17, 15) is 4.79 Å². The first kappa shape index (κ1) is 15.3. The number of carbonyl (C=O) groups excluding carboxylic acids is 1. The lowest BCUT2D eigenvalue weighted by molar-refractivity contribution is -0.116. The SMILES string of the molecule is CCCn1nc(C)c2c1NC(=O)CC2c1cc2c(cc1Cl)OCO2. The van der Waals surface area contributed by atoms with Gasteiger partial charge in [0.2, 0.25) is 12.7 Å². The lowest BCUT2D eigenvalue weighted by atomic mass is 9.85. The second-order valence-electron chi connectivity index (χ2n) is 6.10. The summed E-state index contributed by atoms with van der Waals surface area (Å²) in [6.45, 7) is 5.01. The third-order valence-corrected chi connectivity index (χ3v) is 4.80. The van der Waals surface area contributed by atoms with Crippen molar-refractivity contribution in [1.82, 2.24) is 9.78 Å². The topological polar surface area (TPSA) is 65.4 Å². The fraction of sp³-hybridized carbons (Fsp3) is 0.412. The fourth-order valence-corrected chi connectivity index (χ4v) is 3.74. The van der Waals surface area contributed by atoms with Crippen LogP contribution in [0, 0.1) is 6.92 Å². The zero-order valence-corrected chi connectivity index (χ0v) is 14.3. The highest BCUT2D eigenvalue weighted by Gasteiger charge is 2.34. The minimum absolute atomic E-state index is 0.0292. The van der Waals surface area contributed by atoms with E-state index in [1.807, 2.05) is 17.7 Å². The minimum Gasteiger partial charge on any atom is -0.454 e. The van der Waals surface area contributed by atoms with Gasteiger partial charge in [0, 0.05) is 35.5 Å². The molecule has 0 bridgehead atoms. The summed E-state index contributed by atoms with van der Waals surface area (Å²) in [4.78, 5) is 12.3. The van der Waals surface area contributed by atoms with Crippen molar-refractivity contribution in [2.45, 2.75) is 39.2 Å². The van der Waals surface area contributed by atoms with Crippen molar-refractivity contribution in [1.29, 1.82) is 0 Å². The van der Waals surface area contributed by atoms with E-state index in [4.69, 9.17) is 21.1 Å². The Morgan fingerprint density at radius 2 is 2.12 bits per heavy atom. The Morgan fingerprint density at radius 3 is 2.88 bits per heavy atom. The molecule has 7 heteroatoms. The molecule has 0 fully saturated rings. The second-order valence-corrected chi connectivity index (χ2v) is 6.51. The normalized spacial score (nSPS) is 18.5. The number of nitrogens with one attached hydrogen (secondary N) is 1. The summed E-state index contributed by atoms with van der Waals surface area (Å²) < 4.78 is 12.7. The molecule has 3 heterocycles. The zero-order chi connectivity index (χ0) is 16.8. The molecule has 1 atom stereocenters. The first-order valence-electron chi connectivity index (χ1n) is 8.04. The van der Waals surface area contributed by atoms with Crippen LogP contribution in [-0.4, -0.2) is 22.5 Å². The van der Waals surface area contributed by atoms with Gasteiger partial charge in [-0.1, -0.05) is 18.5 Å². The van der Waals surface area contributed by atoms with E-state index in [2.05, 4.69) is 17.3 Å². The van der Waals surface area contributed by atoms with E-state index in [1.54, 1.807) is 6.07 Å². The van der Waals surface area contributed by atoms with Crippen LogP contribution < -0.4 is 14.8 Å². The van der Waals surface area contributed by atoms with Gasteiger partial charge in [0.1, 0.15) is 5.82 Å². The Balaban J connectivity index is 1.85. The Hall–Kier alpha value is -2.21. The van der Waals surface area contributed by atoms with Gasteiger partial charge in [-0.3, -0.25) is 4.79 Å². The molecule has 0 saturated heterocycles. The summed E-state index contributed by atoms with van der Waals surface area (Å²) >= 11 is 6.48. The number of hydrogen-bond donors (Lipinski definition) is 1. The van der Waals surface area contributed by atoms with Gasteiger partial charge in [-0.15, -0.1) is 0 Å². The largest absolute Gasteiger partial charge is 0.454 e. The number of anilines is 1. The van der Waals surface area contributed by atoms with Crippen LogP contribution >= 0.6 is 11.6 Å². The molecule has 1 unspecified atom stereocenters. The van der Waals surface area contributed by atoms with Gasteiger partial charge in [0.15, 0.2) is 11.5 Å². The molecule has 1 N–H and O–H groups in total. The van der Waals surface area contributed by atoms with E-state index in [-0.39, 0.29) is 18.6 Å². The maximum atomic E-state index is 12.3. The van der Waals surface area contributed by atoms with E-state index in [1.165, 1.54) is 0 Å². The van der Waals surface area contributed by atoms with Crippen LogP contribution in [0.1, 0.15) is 42.5 Å². The number of aromatic nitrogens is 2. The van der Waals surface area contributed by atoms with Gasteiger partial charge in [-0.05, 0) is 25.0 Å². The summed E-state index contributed by atoms with van der Waals surface area (Å²) in [5.74, 6) is 1.92. The average Bonchev–Trinajstić information content (AvgIpc) is 3.11. The molecule has 1 aromatic carbocycles. The van der Waals surface area contributed by atoms with Crippen molar-refractivity contribution in [2.75, 3.05) is 12.1 Å². The first-order chi connectivity index (χ1) is 11.6. The number of amides is 1. The molecule has 0 saturated carbocycles. The average molecular weight is 348 g/mol. The summed E-state index contributed by atoms with van der Waals surface area (Å²) in [6, 6.07) is 3.64. The van der Waals surface area contributed by atoms with Crippen LogP contribution in [0.15, 0.2) is 12.1 Å². The van der Waals surface area contributed by atoms with Crippen molar-refractivity contribution in [3.8, 4) is 11.5 Å². The molecular formula is C17H18ClN3O3. The molecule has 126 valence electrons. The molecule has 2 aromatic rings. The predicted octanol–water partition coefficient (Wildman–Crippen LogP) is 3.46. The third kappa shape index (κ3) is 2.33. The van der Waals surface area contributed by atoms with Crippen molar-refractivity contribution in [2.24, 2.45) is 0 Å². The number of aryl methyl sites for hydroxylation is 2. The number of ether oxygens (including phenoxy) is 2. The van der Waals surface area contributed by atoms with Crippen LogP contribution in [0.3, 0.4) is 0 Å². The van der Waals surface area contributed by atoms with Gasteiger partial charge >= 0.3 is 0 Å². The van der Waals surface area contributed by atoms with Crippen LogP contribution in [-0.2, 0) is 11.3 Å². The zero-order valence-electron chi connectivity index (χ0n) is 13.6. The Morgan fingerprint density at radius 1 is 1.38 bits per heavy atom. The maximum absolute atomic E-state index is 12.3. The highest BCUT2D eigenvalue weighted by molar-refractivity contribution is 6.31. The molecule has 6 nitrogen and oxygen atoms in total. The third-order valence-electron chi connectivity index (χ3n) is 4.47. The number of rotatable bonds is 3. The summed E-state index contributed by atoms with van der Waals surface area (Å²) in [5.41, 5.74) is 2.82. The molecule has 2 aliphatic heterocycles. The predicted molar refractivity (Wildman–Crippen MR) is 89.9 cm³/mol. The summed E-state index contributed by atoms with van der Waals surface area (Å²) in [5, 5.41) is 8.14. The van der Waals surface area contributed by atoms with Crippen LogP contribution in [0.5, 0.6) is 11.5 Å². The van der Waals surface area contributed by atoms with E-state index in [0.29, 0.717) is 22.9 Å². The Labute approximate surface area is 144 Å². The van der Waals surface area contributed by atoms with Crippen LogP contribution in [0.4, 0.5) is 5.82 Å². The number of benzene rings is 1. The van der Waals surface area contributed by atoms with Gasteiger partial charge in [-0.25, -0.2) is 4.68 Å². The monoisotopic (exact) mass is 347 g/mol. The summed E-state index contributed by atoms with van der Waals surface area (Å²) in [6.07, 6.45) is 1.28. The maximum Gasteiger partial charge on any atom is 0.231 e. The Kier molecular flexibility index (Phi) is 3.64.